The van der Waals surface area contributed by atoms with Crippen molar-refractivity contribution in [2.24, 2.45) is 13.0 Å². The third kappa shape index (κ3) is 5.96. The fourth-order valence-corrected chi connectivity index (χ4v) is 7.14. The first-order valence-corrected chi connectivity index (χ1v) is 14.0. The van der Waals surface area contributed by atoms with Crippen LogP contribution >= 0.6 is 23.1 Å². The minimum atomic E-state index is -2.89. The maximum atomic E-state index is 12.3. The predicted molar refractivity (Wildman–Crippen MR) is 127 cm³/mol. The van der Waals surface area contributed by atoms with E-state index in [1.807, 2.05) is 48.2 Å². The standard InChI is InChI=1S/C21H25N5O3S3/c1-14-3-5-16(6-4-14)22-19(27)10-20-23-17(11-30-20)12-31-21-25-24-18(26(21)2)9-15-7-8-32(28,29)13-15/h3-6,11,15H,7-10,12-13H2,1-2H3,(H,22,27)/t15-/m0/s1. The summed E-state index contributed by atoms with van der Waals surface area (Å²) >= 11 is 3.00. The molecule has 11 heteroatoms. The second-order valence-corrected chi connectivity index (χ2v) is 12.2. The Morgan fingerprint density at radius 3 is 2.78 bits per heavy atom. The van der Waals surface area contributed by atoms with Crippen molar-refractivity contribution < 1.29 is 13.2 Å². The van der Waals surface area contributed by atoms with E-state index in [0.29, 0.717) is 18.6 Å². The second kappa shape index (κ2) is 9.72. The van der Waals surface area contributed by atoms with Crippen molar-refractivity contribution in [2.45, 2.75) is 37.1 Å². The van der Waals surface area contributed by atoms with Crippen LogP contribution in [0.5, 0.6) is 0 Å². The Labute approximate surface area is 195 Å². The summed E-state index contributed by atoms with van der Waals surface area (Å²) in [4.78, 5) is 16.8. The van der Waals surface area contributed by atoms with E-state index in [0.717, 1.165) is 32.9 Å². The van der Waals surface area contributed by atoms with Crippen molar-refractivity contribution in [2.75, 3.05) is 16.8 Å². The summed E-state index contributed by atoms with van der Waals surface area (Å²) in [6, 6.07) is 7.69. The molecule has 3 heterocycles. The van der Waals surface area contributed by atoms with Crippen molar-refractivity contribution in [3.8, 4) is 0 Å². The second-order valence-electron chi connectivity index (χ2n) is 8.04. The maximum Gasteiger partial charge on any atom is 0.231 e. The van der Waals surface area contributed by atoms with E-state index in [9.17, 15) is 13.2 Å². The van der Waals surface area contributed by atoms with Crippen molar-refractivity contribution in [1.29, 1.82) is 0 Å². The number of aryl methyl sites for hydroxylation is 1. The number of thiazole rings is 1. The van der Waals surface area contributed by atoms with E-state index in [1.165, 1.54) is 23.1 Å². The molecule has 1 saturated heterocycles. The zero-order valence-electron chi connectivity index (χ0n) is 17.9. The van der Waals surface area contributed by atoms with Crippen LogP contribution in [0.2, 0.25) is 0 Å². The average molecular weight is 492 g/mol. The molecular formula is C21H25N5O3S3. The fourth-order valence-electron chi connectivity index (χ4n) is 3.55. The van der Waals surface area contributed by atoms with Gasteiger partial charge in [0, 0.05) is 30.3 Å². The average Bonchev–Trinajstić information content (AvgIpc) is 3.42. The van der Waals surface area contributed by atoms with Crippen molar-refractivity contribution in [1.82, 2.24) is 19.7 Å². The van der Waals surface area contributed by atoms with Gasteiger partial charge in [-0.3, -0.25) is 4.79 Å². The van der Waals surface area contributed by atoms with Gasteiger partial charge >= 0.3 is 0 Å². The molecule has 0 radical (unpaired) electrons. The molecule has 1 atom stereocenters. The Kier molecular flexibility index (Phi) is 6.96. The van der Waals surface area contributed by atoms with Crippen LogP contribution in [0.4, 0.5) is 5.69 Å². The van der Waals surface area contributed by atoms with Gasteiger partial charge < -0.3 is 9.88 Å². The molecule has 0 unspecified atom stereocenters. The summed E-state index contributed by atoms with van der Waals surface area (Å²) in [7, 11) is -0.986. The largest absolute Gasteiger partial charge is 0.326 e. The van der Waals surface area contributed by atoms with Crippen LogP contribution in [-0.2, 0) is 40.3 Å². The van der Waals surface area contributed by atoms with Gasteiger partial charge in [-0.1, -0.05) is 29.5 Å². The summed E-state index contributed by atoms with van der Waals surface area (Å²) in [5.41, 5.74) is 2.82. The number of thioether (sulfide) groups is 1. The maximum absolute atomic E-state index is 12.3. The zero-order valence-corrected chi connectivity index (χ0v) is 20.4. The van der Waals surface area contributed by atoms with Gasteiger partial charge in [-0.15, -0.1) is 21.5 Å². The number of amides is 1. The molecule has 0 aliphatic carbocycles. The fraction of sp³-hybridized carbons (Fsp3) is 0.429. The number of benzene rings is 1. The van der Waals surface area contributed by atoms with Gasteiger partial charge in [0.25, 0.3) is 0 Å². The number of nitrogens with one attached hydrogen (secondary N) is 1. The van der Waals surface area contributed by atoms with Gasteiger partial charge in [0.1, 0.15) is 10.8 Å². The van der Waals surface area contributed by atoms with Gasteiger partial charge in [-0.2, -0.15) is 0 Å². The summed E-state index contributed by atoms with van der Waals surface area (Å²) in [6.07, 6.45) is 1.55. The molecule has 32 heavy (non-hydrogen) atoms. The van der Waals surface area contributed by atoms with Crippen LogP contribution in [0.3, 0.4) is 0 Å². The third-order valence-corrected chi connectivity index (χ3v) is 9.11. The smallest absolute Gasteiger partial charge is 0.231 e. The zero-order chi connectivity index (χ0) is 22.7. The Hall–Kier alpha value is -2.24. The summed E-state index contributed by atoms with van der Waals surface area (Å²) < 4.78 is 25.3. The first-order chi connectivity index (χ1) is 15.3. The lowest BCUT2D eigenvalue weighted by molar-refractivity contribution is -0.115. The molecule has 1 amide bonds. The topological polar surface area (TPSA) is 107 Å². The third-order valence-electron chi connectivity index (χ3n) is 5.32. The van der Waals surface area contributed by atoms with E-state index in [-0.39, 0.29) is 29.8 Å². The van der Waals surface area contributed by atoms with Crippen LogP contribution in [0.15, 0.2) is 34.8 Å². The molecule has 1 fully saturated rings. The lowest BCUT2D eigenvalue weighted by Crippen LogP contribution is -2.14. The first-order valence-electron chi connectivity index (χ1n) is 10.3. The summed E-state index contributed by atoms with van der Waals surface area (Å²) in [6.45, 7) is 2.00. The van der Waals surface area contributed by atoms with Crippen LogP contribution in [-0.4, -0.2) is 45.6 Å². The molecule has 8 nitrogen and oxygen atoms in total. The number of anilines is 1. The van der Waals surface area contributed by atoms with E-state index < -0.39 is 9.84 Å². The minimum Gasteiger partial charge on any atom is -0.326 e. The van der Waals surface area contributed by atoms with E-state index in [2.05, 4.69) is 20.5 Å². The van der Waals surface area contributed by atoms with Crippen molar-refractivity contribution >= 4 is 44.5 Å². The highest BCUT2D eigenvalue weighted by Gasteiger charge is 2.29. The Balaban J connectivity index is 1.28. The van der Waals surface area contributed by atoms with E-state index in [1.54, 1.807) is 0 Å². The highest BCUT2D eigenvalue weighted by Crippen LogP contribution is 2.26. The van der Waals surface area contributed by atoms with E-state index >= 15 is 0 Å². The minimum absolute atomic E-state index is 0.0886. The molecule has 1 aliphatic heterocycles. The van der Waals surface area contributed by atoms with Gasteiger partial charge in [0.15, 0.2) is 15.0 Å². The quantitative estimate of drug-likeness (QED) is 0.483. The number of sulfone groups is 1. The van der Waals surface area contributed by atoms with Gasteiger partial charge in [0.05, 0.1) is 23.6 Å². The molecule has 2 aromatic heterocycles. The Morgan fingerprint density at radius 2 is 2.06 bits per heavy atom. The highest BCUT2D eigenvalue weighted by molar-refractivity contribution is 7.98. The summed E-state index contributed by atoms with van der Waals surface area (Å²) in [5.74, 6) is 1.97. The molecule has 4 rings (SSSR count). The molecule has 170 valence electrons. The van der Waals surface area contributed by atoms with Crippen LogP contribution in [0.1, 0.15) is 28.5 Å². The number of nitrogens with zero attached hydrogens (tertiary/aromatic N) is 4. The predicted octanol–water partition coefficient (Wildman–Crippen LogP) is 3.03. The molecular weight excluding hydrogens is 466 g/mol. The number of aromatic nitrogens is 4. The van der Waals surface area contributed by atoms with E-state index in [4.69, 9.17) is 0 Å². The van der Waals surface area contributed by atoms with Crippen LogP contribution < -0.4 is 5.32 Å². The Bertz CT molecular complexity index is 1200. The van der Waals surface area contributed by atoms with Gasteiger partial charge in [-0.25, -0.2) is 13.4 Å². The molecule has 1 N–H and O–H groups in total. The molecule has 1 aliphatic rings. The lowest BCUT2D eigenvalue weighted by Gasteiger charge is -2.07. The molecule has 0 saturated carbocycles. The molecule has 0 bridgehead atoms. The van der Waals surface area contributed by atoms with Crippen LogP contribution in [0.25, 0.3) is 0 Å². The number of carbonyl (C=O) groups excluding carboxylic acids is 1. The normalized spacial score (nSPS) is 17.5. The summed E-state index contributed by atoms with van der Waals surface area (Å²) in [5, 5.41) is 14.9. The molecule has 3 aromatic rings. The van der Waals surface area contributed by atoms with Gasteiger partial charge in [-0.05, 0) is 31.4 Å². The number of hydrogen-bond acceptors (Lipinski definition) is 8. The SMILES string of the molecule is Cc1ccc(NC(=O)Cc2nc(CSc3nnc(C[C@@H]4CCS(=O)(=O)C4)n3C)cs2)cc1. The molecule has 0 spiro atoms. The van der Waals surface area contributed by atoms with Gasteiger partial charge in [0.2, 0.25) is 5.91 Å². The van der Waals surface area contributed by atoms with Crippen LogP contribution in [0, 0.1) is 12.8 Å². The Morgan fingerprint density at radius 1 is 1.28 bits per heavy atom. The number of rotatable bonds is 8. The molecule has 1 aromatic carbocycles. The number of carbonyl (C=O) groups is 1. The number of hydrogen-bond donors (Lipinski definition) is 1. The van der Waals surface area contributed by atoms with Crippen molar-refractivity contribution in [3.05, 3.63) is 51.7 Å². The lowest BCUT2D eigenvalue weighted by atomic mass is 10.1. The monoisotopic (exact) mass is 491 g/mol. The highest BCUT2D eigenvalue weighted by atomic mass is 32.2. The first kappa shape index (κ1) is 22.9. The van der Waals surface area contributed by atoms with Crippen molar-refractivity contribution in [3.63, 3.8) is 0 Å².